The number of carbonyl (C=O) groups is 3. The highest BCUT2D eigenvalue weighted by atomic mass is 35.5. The van der Waals surface area contributed by atoms with E-state index in [1.807, 2.05) is 0 Å². The molecule has 158 valence electrons. The third kappa shape index (κ3) is 4.29. The van der Waals surface area contributed by atoms with Crippen LogP contribution < -0.4 is 16.4 Å². The van der Waals surface area contributed by atoms with E-state index in [4.69, 9.17) is 17.3 Å². The number of hydrogen-bond acceptors (Lipinski definition) is 4. The number of halogens is 1. The molecule has 2 heterocycles. The lowest BCUT2D eigenvalue weighted by molar-refractivity contribution is -0.121. The summed E-state index contributed by atoms with van der Waals surface area (Å²) in [6, 6.07) is 6.40. The zero-order valence-electron chi connectivity index (χ0n) is 16.4. The molecule has 4 amide bonds. The van der Waals surface area contributed by atoms with Gasteiger partial charge in [0, 0.05) is 28.7 Å². The van der Waals surface area contributed by atoms with E-state index in [-0.39, 0.29) is 17.7 Å². The van der Waals surface area contributed by atoms with Crippen LogP contribution in [0, 0.1) is 5.92 Å². The molecule has 4 rings (SSSR count). The summed E-state index contributed by atoms with van der Waals surface area (Å²) in [6.07, 6.45) is 4.16. The fourth-order valence-corrected chi connectivity index (χ4v) is 5.48. The van der Waals surface area contributed by atoms with Gasteiger partial charge in [-0.3, -0.25) is 9.59 Å². The van der Waals surface area contributed by atoms with Gasteiger partial charge < -0.3 is 21.3 Å². The zero-order valence-corrected chi connectivity index (χ0v) is 17.9. The summed E-state index contributed by atoms with van der Waals surface area (Å²) in [5, 5.41) is 7.04. The number of piperidine rings is 1. The first kappa shape index (κ1) is 20.7. The van der Waals surface area contributed by atoms with Gasteiger partial charge in [0.1, 0.15) is 5.00 Å². The molecule has 1 unspecified atom stereocenters. The van der Waals surface area contributed by atoms with E-state index in [0.29, 0.717) is 40.8 Å². The number of urea groups is 1. The number of benzene rings is 1. The van der Waals surface area contributed by atoms with Crippen LogP contribution in [0.3, 0.4) is 0 Å². The Morgan fingerprint density at radius 3 is 2.60 bits per heavy atom. The highest BCUT2D eigenvalue weighted by Gasteiger charge is 2.31. The Kier molecular flexibility index (Phi) is 5.97. The topological polar surface area (TPSA) is 105 Å². The Hall–Kier alpha value is -2.58. The predicted octanol–water partition coefficient (Wildman–Crippen LogP) is 3.87. The van der Waals surface area contributed by atoms with E-state index in [2.05, 4.69) is 10.6 Å². The summed E-state index contributed by atoms with van der Waals surface area (Å²) < 4.78 is 0. The number of nitrogens with zero attached hydrogens (tertiary/aromatic N) is 1. The number of rotatable bonds is 4. The summed E-state index contributed by atoms with van der Waals surface area (Å²) in [5.74, 6) is -0.758. The number of thiophene rings is 1. The first-order valence-corrected chi connectivity index (χ1v) is 11.2. The number of aryl methyl sites for hydroxylation is 1. The molecule has 1 fully saturated rings. The van der Waals surface area contributed by atoms with Crippen molar-refractivity contribution in [3.05, 3.63) is 45.3 Å². The Morgan fingerprint density at radius 2 is 1.87 bits per heavy atom. The Balaban J connectivity index is 1.54. The first-order chi connectivity index (χ1) is 14.4. The molecule has 0 bridgehead atoms. The molecule has 7 nitrogen and oxygen atoms in total. The standard InChI is InChI=1S/C21H23ClN4O3S/c22-13-6-8-14(9-7-13)24-19(28)17-15-4-1-5-16(15)30-20(17)25-18(27)12-3-2-10-26(11-12)21(23)29/h6-9,12H,1-5,10-11H2,(H2,23,29)(H,24,28)(H,25,27). The summed E-state index contributed by atoms with van der Waals surface area (Å²) in [7, 11) is 0. The van der Waals surface area contributed by atoms with Gasteiger partial charge in [-0.15, -0.1) is 11.3 Å². The molecule has 1 aliphatic heterocycles. The predicted molar refractivity (Wildman–Crippen MR) is 118 cm³/mol. The largest absolute Gasteiger partial charge is 0.351 e. The number of primary amides is 1. The highest BCUT2D eigenvalue weighted by molar-refractivity contribution is 7.17. The van der Waals surface area contributed by atoms with Crippen molar-refractivity contribution >= 4 is 51.5 Å². The van der Waals surface area contributed by atoms with E-state index in [1.165, 1.54) is 16.2 Å². The van der Waals surface area contributed by atoms with Crippen LogP contribution in [0.25, 0.3) is 0 Å². The molecule has 1 saturated heterocycles. The first-order valence-electron chi connectivity index (χ1n) is 9.99. The lowest BCUT2D eigenvalue weighted by atomic mass is 9.97. The van der Waals surface area contributed by atoms with Crippen molar-refractivity contribution in [3.8, 4) is 0 Å². The van der Waals surface area contributed by atoms with Crippen molar-refractivity contribution in [2.75, 3.05) is 23.7 Å². The van der Waals surface area contributed by atoms with Crippen LogP contribution in [0.1, 0.15) is 40.1 Å². The van der Waals surface area contributed by atoms with Crippen LogP contribution in [-0.2, 0) is 17.6 Å². The van der Waals surface area contributed by atoms with Crippen molar-refractivity contribution in [1.29, 1.82) is 0 Å². The number of carbonyl (C=O) groups excluding carboxylic acids is 3. The molecule has 0 saturated carbocycles. The number of anilines is 2. The normalized spacial score (nSPS) is 18.0. The summed E-state index contributed by atoms with van der Waals surface area (Å²) >= 11 is 7.39. The van der Waals surface area contributed by atoms with Crippen molar-refractivity contribution in [1.82, 2.24) is 4.90 Å². The van der Waals surface area contributed by atoms with Gasteiger partial charge in [0.25, 0.3) is 5.91 Å². The molecular formula is C21H23ClN4O3S. The quantitative estimate of drug-likeness (QED) is 0.663. The number of hydrogen-bond donors (Lipinski definition) is 3. The number of fused-ring (bicyclic) bond motifs is 1. The molecule has 30 heavy (non-hydrogen) atoms. The molecule has 1 aliphatic carbocycles. The van der Waals surface area contributed by atoms with Crippen molar-refractivity contribution in [3.63, 3.8) is 0 Å². The third-order valence-electron chi connectivity index (χ3n) is 5.59. The van der Waals surface area contributed by atoms with Crippen molar-refractivity contribution < 1.29 is 14.4 Å². The minimum absolute atomic E-state index is 0.179. The Labute approximate surface area is 183 Å². The summed E-state index contributed by atoms with van der Waals surface area (Å²) in [6.45, 7) is 0.875. The Bertz CT molecular complexity index is 989. The lowest BCUT2D eigenvalue weighted by Crippen LogP contribution is -2.46. The maximum Gasteiger partial charge on any atom is 0.314 e. The van der Waals surface area contributed by atoms with E-state index < -0.39 is 6.03 Å². The van der Waals surface area contributed by atoms with Gasteiger partial charge in [-0.1, -0.05) is 11.6 Å². The number of nitrogens with two attached hydrogens (primary N) is 1. The van der Waals surface area contributed by atoms with Crippen LogP contribution in [0.4, 0.5) is 15.5 Å². The van der Waals surface area contributed by atoms with E-state index in [9.17, 15) is 14.4 Å². The molecule has 1 atom stereocenters. The average molecular weight is 447 g/mol. The van der Waals surface area contributed by atoms with Crippen LogP contribution in [-0.4, -0.2) is 35.8 Å². The molecule has 2 aliphatic rings. The monoisotopic (exact) mass is 446 g/mol. The average Bonchev–Trinajstić information content (AvgIpc) is 3.30. The van der Waals surface area contributed by atoms with Crippen LogP contribution in [0.5, 0.6) is 0 Å². The summed E-state index contributed by atoms with van der Waals surface area (Å²) in [4.78, 5) is 40.1. The SMILES string of the molecule is NC(=O)N1CCCC(C(=O)Nc2sc3c(c2C(=O)Nc2ccc(Cl)cc2)CCC3)C1. The van der Waals surface area contributed by atoms with Gasteiger partial charge in [0.2, 0.25) is 5.91 Å². The lowest BCUT2D eigenvalue weighted by Gasteiger charge is -2.30. The fourth-order valence-electron chi connectivity index (χ4n) is 4.06. The van der Waals surface area contributed by atoms with E-state index >= 15 is 0 Å². The van der Waals surface area contributed by atoms with Gasteiger partial charge in [0.15, 0.2) is 0 Å². The van der Waals surface area contributed by atoms with Gasteiger partial charge in [0.05, 0.1) is 11.5 Å². The molecular weight excluding hydrogens is 424 g/mol. The van der Waals surface area contributed by atoms with Gasteiger partial charge in [-0.25, -0.2) is 4.79 Å². The van der Waals surface area contributed by atoms with Crippen molar-refractivity contribution in [2.24, 2.45) is 11.7 Å². The molecule has 0 radical (unpaired) electrons. The van der Waals surface area contributed by atoms with Crippen LogP contribution in [0.2, 0.25) is 5.02 Å². The second-order valence-electron chi connectivity index (χ2n) is 7.64. The third-order valence-corrected chi connectivity index (χ3v) is 7.05. The Morgan fingerprint density at radius 1 is 1.10 bits per heavy atom. The molecule has 4 N–H and O–H groups in total. The molecule has 9 heteroatoms. The van der Waals surface area contributed by atoms with Gasteiger partial charge in [-0.2, -0.15) is 0 Å². The second kappa shape index (κ2) is 8.65. The molecule has 2 aromatic rings. The minimum Gasteiger partial charge on any atom is -0.351 e. The molecule has 1 aromatic heterocycles. The van der Waals surface area contributed by atoms with E-state index in [0.717, 1.165) is 36.1 Å². The van der Waals surface area contributed by atoms with E-state index in [1.54, 1.807) is 24.3 Å². The second-order valence-corrected chi connectivity index (χ2v) is 9.18. The maximum absolute atomic E-state index is 13.1. The molecule has 1 aromatic carbocycles. The summed E-state index contributed by atoms with van der Waals surface area (Å²) in [5.41, 5.74) is 7.57. The van der Waals surface area contributed by atoms with Gasteiger partial charge in [-0.05, 0) is 61.9 Å². The van der Waals surface area contributed by atoms with Gasteiger partial charge >= 0.3 is 6.03 Å². The minimum atomic E-state index is -0.509. The molecule has 0 spiro atoms. The zero-order chi connectivity index (χ0) is 21.3. The highest BCUT2D eigenvalue weighted by Crippen LogP contribution is 2.40. The number of amides is 4. The van der Waals surface area contributed by atoms with Crippen LogP contribution in [0.15, 0.2) is 24.3 Å². The smallest absolute Gasteiger partial charge is 0.314 e. The maximum atomic E-state index is 13.1. The number of likely N-dealkylation sites (tertiary alicyclic amines) is 1. The van der Waals surface area contributed by atoms with Crippen molar-refractivity contribution in [2.45, 2.75) is 32.1 Å². The van der Waals surface area contributed by atoms with Crippen LogP contribution >= 0.6 is 22.9 Å². The number of nitrogens with one attached hydrogen (secondary N) is 2. The fraction of sp³-hybridized carbons (Fsp3) is 0.381.